The summed E-state index contributed by atoms with van der Waals surface area (Å²) in [7, 11) is 0. The Kier molecular flexibility index (Phi) is 6.03. The first-order chi connectivity index (χ1) is 11.5. The molecule has 0 spiro atoms. The van der Waals surface area contributed by atoms with Gasteiger partial charge >= 0.3 is 23.9 Å². The van der Waals surface area contributed by atoms with Crippen molar-refractivity contribution in [3.05, 3.63) is 35.4 Å². The second kappa shape index (κ2) is 6.94. The molecule has 0 aliphatic carbocycles. The van der Waals surface area contributed by atoms with Gasteiger partial charge in [0.25, 0.3) is 0 Å². The number of alkyl halides is 9. The zero-order valence-corrected chi connectivity index (χ0v) is 13.8. The van der Waals surface area contributed by atoms with Crippen LogP contribution in [0.15, 0.2) is 24.3 Å². The molecule has 1 atom stereocenters. The molecule has 0 heterocycles. The molecule has 1 rings (SSSR count). The van der Waals surface area contributed by atoms with Crippen LogP contribution in [0.1, 0.15) is 37.8 Å². The molecule has 0 fully saturated rings. The Balaban J connectivity index is 3.23. The van der Waals surface area contributed by atoms with E-state index in [0.29, 0.717) is 25.3 Å². The lowest BCUT2D eigenvalue weighted by molar-refractivity contribution is -0.400. The van der Waals surface area contributed by atoms with E-state index in [1.807, 2.05) is 0 Å². The molecule has 1 unspecified atom stereocenters. The van der Waals surface area contributed by atoms with Crippen LogP contribution in [0.25, 0.3) is 0 Å². The molecule has 0 aromatic heterocycles. The summed E-state index contributed by atoms with van der Waals surface area (Å²) in [5, 5.41) is 10.1. The SMILES string of the molecule is CCCc1cccc(C(C)(O)CC(F)(F)C(F)(F)C(F)(F)C(F)(F)F)c1. The summed E-state index contributed by atoms with van der Waals surface area (Å²) >= 11 is 0. The molecular formula is C16H17F9O. The van der Waals surface area contributed by atoms with Crippen LogP contribution in [0.5, 0.6) is 0 Å². The van der Waals surface area contributed by atoms with Crippen molar-refractivity contribution < 1.29 is 44.6 Å². The molecule has 0 radical (unpaired) electrons. The Morgan fingerprint density at radius 1 is 0.885 bits per heavy atom. The minimum Gasteiger partial charge on any atom is -0.385 e. The van der Waals surface area contributed by atoms with Crippen molar-refractivity contribution in [2.24, 2.45) is 0 Å². The summed E-state index contributed by atoms with van der Waals surface area (Å²) in [6, 6.07) is 5.19. The number of benzene rings is 1. The van der Waals surface area contributed by atoms with Gasteiger partial charge < -0.3 is 5.11 Å². The Bertz CT molecular complexity index is 620. The molecule has 0 aliphatic heterocycles. The van der Waals surface area contributed by atoms with Crippen LogP contribution in [-0.2, 0) is 12.0 Å². The first-order valence-corrected chi connectivity index (χ1v) is 7.51. The fourth-order valence-electron chi connectivity index (χ4n) is 2.40. The van der Waals surface area contributed by atoms with Gasteiger partial charge in [0.1, 0.15) is 0 Å². The van der Waals surface area contributed by atoms with Gasteiger partial charge in [0.15, 0.2) is 0 Å². The molecule has 150 valence electrons. The van der Waals surface area contributed by atoms with Crippen molar-refractivity contribution in [2.45, 2.75) is 62.7 Å². The van der Waals surface area contributed by atoms with Crippen molar-refractivity contribution in [2.75, 3.05) is 0 Å². The van der Waals surface area contributed by atoms with Crippen LogP contribution in [0.4, 0.5) is 39.5 Å². The summed E-state index contributed by atoms with van der Waals surface area (Å²) in [5.74, 6) is -19.6. The zero-order chi connectivity index (χ0) is 20.6. The van der Waals surface area contributed by atoms with E-state index >= 15 is 0 Å². The van der Waals surface area contributed by atoms with Crippen molar-refractivity contribution in [3.8, 4) is 0 Å². The predicted molar refractivity (Wildman–Crippen MR) is 75.5 cm³/mol. The van der Waals surface area contributed by atoms with Crippen LogP contribution < -0.4 is 0 Å². The lowest BCUT2D eigenvalue weighted by Crippen LogP contribution is -2.62. The summed E-state index contributed by atoms with van der Waals surface area (Å²) in [6.45, 7) is 2.44. The normalized spacial score (nSPS) is 16.5. The van der Waals surface area contributed by atoms with Crippen LogP contribution in [-0.4, -0.2) is 29.1 Å². The molecule has 1 aromatic rings. The standard InChI is InChI=1S/C16H17F9O/c1-3-5-10-6-4-7-11(8-10)12(2,26)9-13(17,18)14(19,20)15(21,22)16(23,24)25/h4,6-8,26H,3,5,9H2,1-2H3. The summed E-state index contributed by atoms with van der Waals surface area (Å²) in [6.07, 6.45) is -8.11. The topological polar surface area (TPSA) is 20.2 Å². The van der Waals surface area contributed by atoms with E-state index in [1.165, 1.54) is 12.1 Å². The maximum Gasteiger partial charge on any atom is 0.460 e. The van der Waals surface area contributed by atoms with Crippen LogP contribution in [0.3, 0.4) is 0 Å². The Labute approximate surface area is 143 Å². The zero-order valence-electron chi connectivity index (χ0n) is 13.8. The monoisotopic (exact) mass is 396 g/mol. The third-order valence-electron chi connectivity index (χ3n) is 3.86. The first kappa shape index (κ1) is 22.6. The fraction of sp³-hybridized carbons (Fsp3) is 0.625. The van der Waals surface area contributed by atoms with Crippen molar-refractivity contribution in [1.82, 2.24) is 0 Å². The van der Waals surface area contributed by atoms with E-state index in [4.69, 9.17) is 0 Å². The molecule has 0 saturated carbocycles. The maximum atomic E-state index is 13.8. The number of aliphatic hydroxyl groups is 1. The molecule has 1 aromatic carbocycles. The summed E-state index contributed by atoms with van der Waals surface area (Å²) < 4.78 is 117. The Morgan fingerprint density at radius 3 is 1.88 bits per heavy atom. The average molecular weight is 396 g/mol. The van der Waals surface area contributed by atoms with Crippen LogP contribution in [0, 0.1) is 0 Å². The highest BCUT2D eigenvalue weighted by Gasteiger charge is 2.81. The van der Waals surface area contributed by atoms with Gasteiger partial charge in [-0.1, -0.05) is 37.6 Å². The molecule has 1 N–H and O–H groups in total. The largest absolute Gasteiger partial charge is 0.460 e. The summed E-state index contributed by atoms with van der Waals surface area (Å²) in [4.78, 5) is 0. The van der Waals surface area contributed by atoms with Crippen molar-refractivity contribution in [1.29, 1.82) is 0 Å². The van der Waals surface area contributed by atoms with Crippen molar-refractivity contribution >= 4 is 0 Å². The fourth-order valence-corrected chi connectivity index (χ4v) is 2.40. The van der Waals surface area contributed by atoms with E-state index in [0.717, 1.165) is 6.07 Å². The van der Waals surface area contributed by atoms with Crippen LogP contribution in [0.2, 0.25) is 0 Å². The van der Waals surface area contributed by atoms with Crippen molar-refractivity contribution in [3.63, 3.8) is 0 Å². The van der Waals surface area contributed by atoms with Gasteiger partial charge in [-0.25, -0.2) is 0 Å². The van der Waals surface area contributed by atoms with Gasteiger partial charge in [0.05, 0.1) is 12.0 Å². The van der Waals surface area contributed by atoms with Crippen LogP contribution >= 0.6 is 0 Å². The van der Waals surface area contributed by atoms with Gasteiger partial charge in [-0.2, -0.15) is 39.5 Å². The predicted octanol–water partition coefficient (Wildman–Crippen LogP) is 5.70. The molecule has 0 amide bonds. The van der Waals surface area contributed by atoms with E-state index in [2.05, 4.69) is 0 Å². The maximum absolute atomic E-state index is 13.8. The minimum atomic E-state index is -6.97. The highest BCUT2D eigenvalue weighted by atomic mass is 19.4. The highest BCUT2D eigenvalue weighted by Crippen LogP contribution is 2.55. The van der Waals surface area contributed by atoms with E-state index in [1.54, 1.807) is 13.0 Å². The number of aryl methyl sites for hydroxylation is 1. The molecule has 10 heteroatoms. The highest BCUT2D eigenvalue weighted by molar-refractivity contribution is 5.28. The van der Waals surface area contributed by atoms with Gasteiger partial charge in [0.2, 0.25) is 0 Å². The minimum absolute atomic E-state index is 0.297. The lowest BCUT2D eigenvalue weighted by atomic mass is 9.85. The number of hydrogen-bond donors (Lipinski definition) is 1. The van der Waals surface area contributed by atoms with E-state index in [-0.39, 0.29) is 5.56 Å². The second-order valence-corrected chi connectivity index (χ2v) is 6.25. The molecule has 0 aliphatic rings. The van der Waals surface area contributed by atoms with Gasteiger partial charge in [0, 0.05) is 0 Å². The van der Waals surface area contributed by atoms with E-state index < -0.39 is 36.0 Å². The number of hydrogen-bond acceptors (Lipinski definition) is 1. The van der Waals surface area contributed by atoms with Gasteiger partial charge in [-0.15, -0.1) is 0 Å². The molecule has 0 bridgehead atoms. The third kappa shape index (κ3) is 4.10. The smallest absolute Gasteiger partial charge is 0.385 e. The summed E-state index contributed by atoms with van der Waals surface area (Å²) in [5.41, 5.74) is -2.51. The quantitative estimate of drug-likeness (QED) is 0.586. The number of rotatable bonds is 7. The molecular weight excluding hydrogens is 379 g/mol. The molecule has 1 nitrogen and oxygen atoms in total. The van der Waals surface area contributed by atoms with Gasteiger partial charge in [-0.05, 0) is 24.5 Å². The Morgan fingerprint density at radius 2 is 1.42 bits per heavy atom. The Hall–Kier alpha value is -1.45. The molecule has 26 heavy (non-hydrogen) atoms. The third-order valence-corrected chi connectivity index (χ3v) is 3.86. The number of halogens is 9. The lowest BCUT2D eigenvalue weighted by Gasteiger charge is -2.37. The molecule has 0 saturated heterocycles. The average Bonchev–Trinajstić information content (AvgIpc) is 2.45. The van der Waals surface area contributed by atoms with E-state index in [9.17, 15) is 44.6 Å². The second-order valence-electron chi connectivity index (χ2n) is 6.25. The first-order valence-electron chi connectivity index (χ1n) is 7.51. The van der Waals surface area contributed by atoms with Gasteiger partial charge in [-0.3, -0.25) is 0 Å².